The normalized spacial score (nSPS) is 15.6. The Morgan fingerprint density at radius 3 is 2.86 bits per heavy atom. The molecule has 0 unspecified atom stereocenters. The van der Waals surface area contributed by atoms with Crippen molar-refractivity contribution in [1.29, 1.82) is 0 Å². The molecule has 6 rings (SSSR count). The highest BCUT2D eigenvalue weighted by Gasteiger charge is 2.35. The fraction of sp³-hybridized carbons (Fsp3) is 0.233. The number of amides is 2. The summed E-state index contributed by atoms with van der Waals surface area (Å²) in [5.41, 5.74) is 2.84. The lowest BCUT2D eigenvalue weighted by Crippen LogP contribution is -2.58. The number of piperazine rings is 1. The fourth-order valence-electron chi connectivity index (χ4n) is 5.06. The molecule has 0 bridgehead atoms. The number of halogens is 1. The first-order valence-corrected chi connectivity index (χ1v) is 14.7. The molecule has 4 aromatic rings. The lowest BCUT2D eigenvalue weighted by Gasteiger charge is -2.44. The van der Waals surface area contributed by atoms with E-state index in [-0.39, 0.29) is 17.9 Å². The molecule has 13 heteroatoms. The van der Waals surface area contributed by atoms with E-state index in [1.54, 1.807) is 30.3 Å². The number of ether oxygens (including phenoxy) is 2. The Balaban J connectivity index is 1.20. The summed E-state index contributed by atoms with van der Waals surface area (Å²) in [6, 6.07) is 11.0. The van der Waals surface area contributed by atoms with E-state index in [1.807, 2.05) is 31.2 Å². The minimum Gasteiger partial charge on any atom is -0.493 e. The number of rotatable bonds is 7. The van der Waals surface area contributed by atoms with Gasteiger partial charge in [-0.15, -0.1) is 0 Å². The maximum absolute atomic E-state index is 12.9. The first-order valence-electron chi connectivity index (χ1n) is 13.5. The summed E-state index contributed by atoms with van der Waals surface area (Å²) < 4.78 is 11.6. The van der Waals surface area contributed by atoms with Crippen molar-refractivity contribution >= 4 is 57.2 Å². The third-order valence-electron chi connectivity index (χ3n) is 7.29. The van der Waals surface area contributed by atoms with Gasteiger partial charge in [0.05, 0.1) is 35.8 Å². The molecule has 0 aliphatic carbocycles. The van der Waals surface area contributed by atoms with Crippen LogP contribution < -0.4 is 25.0 Å². The Morgan fingerprint density at radius 2 is 2.07 bits per heavy atom. The fourth-order valence-corrected chi connectivity index (χ4v) is 6.04. The molecule has 11 nitrogen and oxygen atoms in total. The Bertz CT molecular complexity index is 1710. The summed E-state index contributed by atoms with van der Waals surface area (Å²) in [7, 11) is 1.56. The van der Waals surface area contributed by atoms with Crippen LogP contribution in [0.4, 0.5) is 22.5 Å². The number of thiazole rings is 1. The van der Waals surface area contributed by atoms with Gasteiger partial charge in [-0.05, 0) is 42.8 Å². The van der Waals surface area contributed by atoms with Gasteiger partial charge in [0.1, 0.15) is 11.5 Å². The van der Waals surface area contributed by atoms with Crippen LogP contribution in [0.15, 0.2) is 61.4 Å². The Labute approximate surface area is 257 Å². The number of aromatic nitrogens is 3. The number of methoxy groups -OCH3 is 1. The molecule has 2 aliphatic rings. The van der Waals surface area contributed by atoms with Crippen LogP contribution in [0.1, 0.15) is 15.2 Å². The molecule has 5 heterocycles. The van der Waals surface area contributed by atoms with E-state index in [0.29, 0.717) is 70.0 Å². The van der Waals surface area contributed by atoms with Crippen LogP contribution in [0.25, 0.3) is 11.3 Å². The molecule has 1 aromatic carbocycles. The van der Waals surface area contributed by atoms with Gasteiger partial charge in [-0.1, -0.05) is 41.6 Å². The van der Waals surface area contributed by atoms with E-state index in [1.165, 1.54) is 23.6 Å². The second kappa shape index (κ2) is 11.9. The number of aryl methyl sites for hydroxylation is 1. The molecule has 0 saturated carbocycles. The quantitative estimate of drug-likeness (QED) is 0.271. The molecule has 220 valence electrons. The van der Waals surface area contributed by atoms with Gasteiger partial charge in [0.2, 0.25) is 5.91 Å². The number of nitrogens with zero attached hydrogens (tertiary/aromatic N) is 5. The predicted molar refractivity (Wildman–Crippen MR) is 167 cm³/mol. The van der Waals surface area contributed by atoms with Crippen LogP contribution in [-0.4, -0.2) is 71.1 Å². The molecule has 2 amide bonds. The molecule has 1 saturated heterocycles. The summed E-state index contributed by atoms with van der Waals surface area (Å²) in [5, 5.41) is 6.98. The van der Waals surface area contributed by atoms with E-state index < -0.39 is 0 Å². The second-order valence-corrected chi connectivity index (χ2v) is 11.4. The monoisotopic (exact) mass is 617 g/mol. The molecule has 3 aromatic heterocycles. The van der Waals surface area contributed by atoms with Crippen molar-refractivity contribution in [3.63, 3.8) is 0 Å². The van der Waals surface area contributed by atoms with Crippen LogP contribution in [0.2, 0.25) is 5.02 Å². The number of carbonyl (C=O) groups is 2. The third kappa shape index (κ3) is 5.71. The van der Waals surface area contributed by atoms with Gasteiger partial charge in [-0.3, -0.25) is 9.59 Å². The van der Waals surface area contributed by atoms with Crippen LogP contribution in [0, 0.1) is 6.92 Å². The number of pyridine rings is 2. The number of benzene rings is 1. The maximum Gasteiger partial charge on any atom is 0.267 e. The van der Waals surface area contributed by atoms with Gasteiger partial charge in [-0.25, -0.2) is 15.0 Å². The molecule has 2 aliphatic heterocycles. The predicted octanol–water partition coefficient (Wildman–Crippen LogP) is 5.16. The summed E-state index contributed by atoms with van der Waals surface area (Å²) in [6.07, 6.45) is 4.60. The number of hydrogen-bond donors (Lipinski definition) is 2. The minimum absolute atomic E-state index is 0.0254. The van der Waals surface area contributed by atoms with Crippen molar-refractivity contribution < 1.29 is 19.1 Å². The maximum atomic E-state index is 12.9. The molecule has 1 fully saturated rings. The van der Waals surface area contributed by atoms with Gasteiger partial charge in [0.25, 0.3) is 5.91 Å². The first kappa shape index (κ1) is 28.4. The van der Waals surface area contributed by atoms with E-state index in [2.05, 4.69) is 27.1 Å². The van der Waals surface area contributed by atoms with Crippen molar-refractivity contribution in [3.8, 4) is 22.8 Å². The van der Waals surface area contributed by atoms with Gasteiger partial charge < -0.3 is 29.9 Å². The zero-order chi connectivity index (χ0) is 30.1. The SMILES string of the molecule is C=CC(=O)N1CCN2c3ncc(-c4ccc(OC)c(Nc5ncc(C(=O)Nc6c(C)cccc6Cl)s5)n4)cc3OC[C@@H]2C1. The topological polar surface area (TPSA) is 122 Å². The summed E-state index contributed by atoms with van der Waals surface area (Å²) >= 11 is 7.45. The molecule has 0 radical (unpaired) electrons. The number of nitrogens with one attached hydrogen (secondary N) is 2. The van der Waals surface area contributed by atoms with Crippen molar-refractivity contribution in [2.45, 2.75) is 13.0 Å². The van der Waals surface area contributed by atoms with Crippen LogP contribution in [0.3, 0.4) is 0 Å². The Hall–Kier alpha value is -4.68. The van der Waals surface area contributed by atoms with E-state index in [4.69, 9.17) is 31.0 Å². The zero-order valence-electron chi connectivity index (χ0n) is 23.5. The Morgan fingerprint density at radius 1 is 1.21 bits per heavy atom. The van der Waals surface area contributed by atoms with E-state index in [0.717, 1.165) is 16.9 Å². The largest absolute Gasteiger partial charge is 0.493 e. The molecule has 1 atom stereocenters. The lowest BCUT2D eigenvalue weighted by atomic mass is 10.1. The molecule has 43 heavy (non-hydrogen) atoms. The number of fused-ring (bicyclic) bond motifs is 3. The summed E-state index contributed by atoms with van der Waals surface area (Å²) in [6.45, 7) is 7.73. The highest BCUT2D eigenvalue weighted by Crippen LogP contribution is 2.37. The van der Waals surface area contributed by atoms with Crippen LogP contribution in [-0.2, 0) is 4.79 Å². The standard InChI is InChI=1S/C30H28ClN7O4S/c1-4-25(39)37-10-11-38-19(15-37)16-42-23-12-18(13-32-28(23)38)21-8-9-22(41-3)27(34-21)36-30-33-14-24(43-30)29(40)35-26-17(2)6-5-7-20(26)31/h4-9,12-14,19H,1,10-11,15-16H2,2-3H3,(H,35,40)(H,33,34,36)/t19-/m0/s1. The molecular weight excluding hydrogens is 590 g/mol. The van der Waals surface area contributed by atoms with Crippen molar-refractivity contribution in [3.05, 3.63) is 76.9 Å². The number of anilines is 4. The van der Waals surface area contributed by atoms with Crippen molar-refractivity contribution in [2.24, 2.45) is 0 Å². The van der Waals surface area contributed by atoms with Gasteiger partial charge >= 0.3 is 0 Å². The average Bonchev–Trinajstić information content (AvgIpc) is 3.50. The second-order valence-electron chi connectivity index (χ2n) is 9.98. The van der Waals surface area contributed by atoms with Gasteiger partial charge in [0.15, 0.2) is 28.3 Å². The highest BCUT2D eigenvalue weighted by molar-refractivity contribution is 7.17. The molecular formula is C30H28ClN7O4S. The van der Waals surface area contributed by atoms with Crippen LogP contribution in [0.5, 0.6) is 11.5 Å². The number of carbonyl (C=O) groups excluding carboxylic acids is 2. The Kier molecular flexibility index (Phi) is 7.87. The highest BCUT2D eigenvalue weighted by atomic mass is 35.5. The third-order valence-corrected chi connectivity index (χ3v) is 8.52. The van der Waals surface area contributed by atoms with Crippen molar-refractivity contribution in [1.82, 2.24) is 19.9 Å². The van der Waals surface area contributed by atoms with Gasteiger partial charge in [-0.2, -0.15) is 0 Å². The lowest BCUT2D eigenvalue weighted by molar-refractivity contribution is -0.127. The van der Waals surface area contributed by atoms with E-state index >= 15 is 0 Å². The molecule has 2 N–H and O–H groups in total. The summed E-state index contributed by atoms with van der Waals surface area (Å²) in [4.78, 5) is 43.2. The number of hydrogen-bond acceptors (Lipinski definition) is 10. The molecule has 0 spiro atoms. The van der Waals surface area contributed by atoms with E-state index in [9.17, 15) is 9.59 Å². The van der Waals surface area contributed by atoms with Crippen LogP contribution >= 0.6 is 22.9 Å². The average molecular weight is 618 g/mol. The first-order chi connectivity index (χ1) is 20.8. The van der Waals surface area contributed by atoms with Crippen molar-refractivity contribution in [2.75, 3.05) is 48.9 Å². The zero-order valence-corrected chi connectivity index (χ0v) is 25.0. The minimum atomic E-state index is -0.313. The summed E-state index contributed by atoms with van der Waals surface area (Å²) in [5.74, 6) is 1.96. The smallest absolute Gasteiger partial charge is 0.267 e. The van der Waals surface area contributed by atoms with Gasteiger partial charge in [0, 0.05) is 31.4 Å². The number of para-hydroxylation sites is 1.